The first-order chi connectivity index (χ1) is 11.1. The molecule has 0 bridgehead atoms. The molecule has 0 aromatic heterocycles. The number of ether oxygens (including phenoxy) is 1. The summed E-state index contributed by atoms with van der Waals surface area (Å²) in [6.45, 7) is 1.43. The Balaban J connectivity index is 2.46. The number of nitro benzene ring substituents is 2. The van der Waals surface area contributed by atoms with Gasteiger partial charge in [-0.25, -0.2) is 0 Å². The largest absolute Gasteiger partial charge is 0.456 e. The van der Waals surface area contributed by atoms with Gasteiger partial charge in [0.1, 0.15) is 17.1 Å². The fourth-order valence-electron chi connectivity index (χ4n) is 1.92. The molecule has 2 aromatic rings. The zero-order chi connectivity index (χ0) is 18.1. The lowest BCUT2D eigenvalue weighted by atomic mass is 10.1. The van der Waals surface area contributed by atoms with Gasteiger partial charge in [0.15, 0.2) is 0 Å². The third kappa shape index (κ3) is 3.59. The molecule has 7 nitrogen and oxygen atoms in total. The summed E-state index contributed by atoms with van der Waals surface area (Å²) >= 11 is 0. The van der Waals surface area contributed by atoms with Crippen LogP contribution in [0.1, 0.15) is 11.1 Å². The van der Waals surface area contributed by atoms with Gasteiger partial charge in [0.2, 0.25) is 0 Å². The molecule has 0 saturated carbocycles. The number of aryl methyl sites for hydroxylation is 1. The molecular formula is C14H9F3N2O5. The number of halogens is 3. The fourth-order valence-corrected chi connectivity index (χ4v) is 1.92. The maximum absolute atomic E-state index is 13.1. The van der Waals surface area contributed by atoms with Crippen LogP contribution in [0.15, 0.2) is 36.4 Å². The first kappa shape index (κ1) is 17.2. The summed E-state index contributed by atoms with van der Waals surface area (Å²) in [6, 6.07) is 5.48. The van der Waals surface area contributed by atoms with Crippen LogP contribution in [0.2, 0.25) is 0 Å². The van der Waals surface area contributed by atoms with Crippen LogP contribution in [0.4, 0.5) is 24.5 Å². The van der Waals surface area contributed by atoms with E-state index in [2.05, 4.69) is 0 Å². The van der Waals surface area contributed by atoms with Gasteiger partial charge in [0.05, 0.1) is 9.85 Å². The quantitative estimate of drug-likeness (QED) is 0.596. The number of alkyl halides is 3. The molecule has 0 saturated heterocycles. The Morgan fingerprint density at radius 3 is 1.88 bits per heavy atom. The van der Waals surface area contributed by atoms with Gasteiger partial charge in [0, 0.05) is 24.3 Å². The lowest BCUT2D eigenvalue weighted by Crippen LogP contribution is -2.08. The molecule has 0 atom stereocenters. The summed E-state index contributed by atoms with van der Waals surface area (Å²) in [6.07, 6.45) is -4.87. The summed E-state index contributed by atoms with van der Waals surface area (Å²) in [4.78, 5) is 19.7. The van der Waals surface area contributed by atoms with Crippen molar-refractivity contribution < 1.29 is 27.8 Å². The minimum absolute atomic E-state index is 0.0278. The minimum Gasteiger partial charge on any atom is -0.456 e. The highest BCUT2D eigenvalue weighted by Gasteiger charge is 2.36. The Bertz CT molecular complexity index is 821. The van der Waals surface area contributed by atoms with Crippen LogP contribution in [0.25, 0.3) is 0 Å². The van der Waals surface area contributed by atoms with E-state index in [0.717, 1.165) is 30.3 Å². The standard InChI is InChI=1S/C14H9F3N2O5/c1-8-6-9(18(20)21)2-4-12(8)24-13-5-3-10(19(22)23)7-11(13)14(15,16)17/h2-7H,1H3. The van der Waals surface area contributed by atoms with Crippen LogP contribution in [-0.2, 0) is 6.18 Å². The highest BCUT2D eigenvalue weighted by atomic mass is 19.4. The SMILES string of the molecule is Cc1cc([N+](=O)[O-])ccc1Oc1ccc([N+](=O)[O-])cc1C(F)(F)F. The van der Waals surface area contributed by atoms with Crippen molar-refractivity contribution in [3.8, 4) is 11.5 Å². The third-order valence-electron chi connectivity index (χ3n) is 3.07. The van der Waals surface area contributed by atoms with Gasteiger partial charge in [-0.15, -0.1) is 0 Å². The summed E-state index contributed by atoms with van der Waals surface area (Å²) in [5.41, 5.74) is -2.03. The van der Waals surface area contributed by atoms with Gasteiger partial charge >= 0.3 is 6.18 Å². The van der Waals surface area contributed by atoms with Crippen LogP contribution in [0, 0.1) is 27.2 Å². The van der Waals surface area contributed by atoms with E-state index in [1.807, 2.05) is 0 Å². The average molecular weight is 342 g/mol. The van der Waals surface area contributed by atoms with E-state index < -0.39 is 33.0 Å². The van der Waals surface area contributed by atoms with E-state index >= 15 is 0 Å². The van der Waals surface area contributed by atoms with Gasteiger partial charge in [-0.3, -0.25) is 20.2 Å². The predicted molar refractivity (Wildman–Crippen MR) is 76.0 cm³/mol. The van der Waals surface area contributed by atoms with Crippen LogP contribution in [-0.4, -0.2) is 9.85 Å². The highest BCUT2D eigenvalue weighted by molar-refractivity contribution is 5.49. The molecule has 0 spiro atoms. The van der Waals surface area contributed by atoms with E-state index in [4.69, 9.17) is 4.74 Å². The van der Waals surface area contributed by atoms with E-state index in [0.29, 0.717) is 6.07 Å². The monoisotopic (exact) mass is 342 g/mol. The molecule has 0 N–H and O–H groups in total. The molecule has 0 amide bonds. The van der Waals surface area contributed by atoms with Crippen molar-refractivity contribution in [3.63, 3.8) is 0 Å². The first-order valence-corrected chi connectivity index (χ1v) is 6.38. The van der Waals surface area contributed by atoms with Gasteiger partial charge in [-0.05, 0) is 24.6 Å². The molecule has 0 radical (unpaired) electrons. The highest BCUT2D eigenvalue weighted by Crippen LogP contribution is 2.40. The molecule has 24 heavy (non-hydrogen) atoms. The second-order valence-corrected chi connectivity index (χ2v) is 4.74. The summed E-state index contributed by atoms with van der Waals surface area (Å²) in [7, 11) is 0. The van der Waals surface area contributed by atoms with Crippen LogP contribution in [0.5, 0.6) is 11.5 Å². The van der Waals surface area contributed by atoms with Crippen molar-refractivity contribution in [1.29, 1.82) is 0 Å². The number of nitrogens with zero attached hydrogens (tertiary/aromatic N) is 2. The Morgan fingerprint density at radius 2 is 1.42 bits per heavy atom. The number of rotatable bonds is 4. The Morgan fingerprint density at radius 1 is 0.917 bits per heavy atom. The number of hydrogen-bond acceptors (Lipinski definition) is 5. The number of benzene rings is 2. The molecule has 2 aromatic carbocycles. The molecule has 0 heterocycles. The fraction of sp³-hybridized carbons (Fsp3) is 0.143. The van der Waals surface area contributed by atoms with Crippen molar-refractivity contribution in [2.75, 3.05) is 0 Å². The van der Waals surface area contributed by atoms with Crippen LogP contribution < -0.4 is 4.74 Å². The molecule has 0 aliphatic heterocycles. The predicted octanol–water partition coefficient (Wildman–Crippen LogP) is 4.62. The lowest BCUT2D eigenvalue weighted by molar-refractivity contribution is -0.385. The maximum Gasteiger partial charge on any atom is 0.420 e. The van der Waals surface area contributed by atoms with E-state index in [9.17, 15) is 33.4 Å². The Kier molecular flexibility index (Phi) is 4.40. The topological polar surface area (TPSA) is 95.5 Å². The van der Waals surface area contributed by atoms with Crippen LogP contribution in [0.3, 0.4) is 0 Å². The molecular weight excluding hydrogens is 333 g/mol. The third-order valence-corrected chi connectivity index (χ3v) is 3.07. The molecule has 0 aliphatic rings. The molecule has 10 heteroatoms. The second kappa shape index (κ2) is 6.14. The van der Waals surface area contributed by atoms with Crippen molar-refractivity contribution in [2.24, 2.45) is 0 Å². The second-order valence-electron chi connectivity index (χ2n) is 4.74. The van der Waals surface area contributed by atoms with Crippen molar-refractivity contribution in [2.45, 2.75) is 13.1 Å². The van der Waals surface area contributed by atoms with Crippen molar-refractivity contribution in [3.05, 3.63) is 67.8 Å². The molecule has 0 aliphatic carbocycles. The summed E-state index contributed by atoms with van der Waals surface area (Å²) in [5, 5.41) is 21.3. The smallest absolute Gasteiger partial charge is 0.420 e. The molecule has 2 rings (SSSR count). The molecule has 126 valence electrons. The number of nitro groups is 2. The minimum atomic E-state index is -4.87. The first-order valence-electron chi connectivity index (χ1n) is 6.38. The van der Waals surface area contributed by atoms with Gasteiger partial charge in [0.25, 0.3) is 11.4 Å². The number of hydrogen-bond donors (Lipinski definition) is 0. The van der Waals surface area contributed by atoms with Gasteiger partial charge < -0.3 is 4.74 Å². The Hall–Kier alpha value is -3.17. The summed E-state index contributed by atoms with van der Waals surface area (Å²) < 4.78 is 44.4. The average Bonchev–Trinajstić information content (AvgIpc) is 2.48. The molecule has 0 fully saturated rings. The molecule has 0 unspecified atom stereocenters. The van der Waals surface area contributed by atoms with Crippen molar-refractivity contribution >= 4 is 11.4 Å². The number of non-ortho nitro benzene ring substituents is 2. The van der Waals surface area contributed by atoms with E-state index in [1.165, 1.54) is 6.92 Å². The van der Waals surface area contributed by atoms with Crippen LogP contribution >= 0.6 is 0 Å². The zero-order valence-electron chi connectivity index (χ0n) is 12.0. The van der Waals surface area contributed by atoms with Crippen molar-refractivity contribution in [1.82, 2.24) is 0 Å². The van der Waals surface area contributed by atoms with E-state index in [1.54, 1.807) is 0 Å². The summed E-state index contributed by atoms with van der Waals surface area (Å²) in [5.74, 6) is -0.662. The Labute approximate surface area is 132 Å². The zero-order valence-corrected chi connectivity index (χ0v) is 12.0. The van der Waals surface area contributed by atoms with E-state index in [-0.39, 0.29) is 17.0 Å². The van der Waals surface area contributed by atoms with Gasteiger partial charge in [-0.2, -0.15) is 13.2 Å². The normalized spacial score (nSPS) is 11.2. The maximum atomic E-state index is 13.1. The lowest BCUT2D eigenvalue weighted by Gasteiger charge is -2.14. The van der Waals surface area contributed by atoms with Gasteiger partial charge in [-0.1, -0.05) is 0 Å².